The zero-order chi connectivity index (χ0) is 11.5. The van der Waals surface area contributed by atoms with Crippen LogP contribution < -0.4 is 0 Å². The first kappa shape index (κ1) is 10.4. The molecular formula is C13H11NO2. The summed E-state index contributed by atoms with van der Waals surface area (Å²) in [4.78, 5) is 10.1. The smallest absolute Gasteiger partial charge is 0.243 e. The van der Waals surface area contributed by atoms with Crippen molar-refractivity contribution in [2.75, 3.05) is 0 Å². The second-order valence-electron chi connectivity index (χ2n) is 3.65. The van der Waals surface area contributed by atoms with Gasteiger partial charge in [0.25, 0.3) is 0 Å². The summed E-state index contributed by atoms with van der Waals surface area (Å²) >= 11 is 0. The monoisotopic (exact) mass is 213 g/mol. The van der Waals surface area contributed by atoms with Crippen LogP contribution in [-0.4, -0.2) is 4.92 Å². The van der Waals surface area contributed by atoms with E-state index in [1.165, 1.54) is 6.92 Å². The summed E-state index contributed by atoms with van der Waals surface area (Å²) in [7, 11) is 0. The van der Waals surface area contributed by atoms with E-state index in [1.807, 2.05) is 42.5 Å². The summed E-state index contributed by atoms with van der Waals surface area (Å²) in [5.74, 6) is 0. The van der Waals surface area contributed by atoms with Gasteiger partial charge < -0.3 is 0 Å². The van der Waals surface area contributed by atoms with Crippen LogP contribution in [0.15, 0.2) is 48.2 Å². The predicted octanol–water partition coefficient (Wildman–Crippen LogP) is 3.48. The summed E-state index contributed by atoms with van der Waals surface area (Å²) in [5.41, 5.74) is 1.00. The molecule has 0 radical (unpaired) electrons. The van der Waals surface area contributed by atoms with Gasteiger partial charge in [-0.3, -0.25) is 10.1 Å². The molecule has 2 aromatic carbocycles. The maximum Gasteiger partial charge on any atom is 0.243 e. The van der Waals surface area contributed by atoms with Crippen LogP contribution in [0.25, 0.3) is 16.8 Å². The van der Waals surface area contributed by atoms with Crippen molar-refractivity contribution in [2.24, 2.45) is 0 Å². The summed E-state index contributed by atoms with van der Waals surface area (Å²) in [6, 6.07) is 13.7. The van der Waals surface area contributed by atoms with Crippen molar-refractivity contribution >= 4 is 16.8 Å². The molecule has 0 aliphatic heterocycles. The molecule has 2 aromatic rings. The van der Waals surface area contributed by atoms with E-state index in [-0.39, 0.29) is 10.6 Å². The van der Waals surface area contributed by atoms with Crippen molar-refractivity contribution in [2.45, 2.75) is 6.92 Å². The van der Waals surface area contributed by atoms with E-state index in [1.54, 1.807) is 6.08 Å². The normalized spacial score (nSPS) is 11.7. The Morgan fingerprint density at radius 3 is 2.56 bits per heavy atom. The fourth-order valence-electron chi connectivity index (χ4n) is 1.59. The molecule has 0 aliphatic rings. The highest BCUT2D eigenvalue weighted by Crippen LogP contribution is 2.17. The molecule has 0 atom stereocenters. The number of rotatable bonds is 2. The third-order valence-corrected chi connectivity index (χ3v) is 2.44. The SMILES string of the molecule is C/C(=C\c1ccc2ccccc2c1)[N+](=O)[O-]. The highest BCUT2D eigenvalue weighted by atomic mass is 16.6. The molecule has 0 saturated heterocycles. The molecule has 0 fully saturated rings. The fraction of sp³-hybridized carbons (Fsp3) is 0.0769. The molecule has 0 spiro atoms. The first-order chi connectivity index (χ1) is 7.66. The van der Waals surface area contributed by atoms with Gasteiger partial charge in [-0.1, -0.05) is 36.4 Å². The van der Waals surface area contributed by atoms with Gasteiger partial charge in [-0.15, -0.1) is 0 Å². The molecular weight excluding hydrogens is 202 g/mol. The van der Waals surface area contributed by atoms with Gasteiger partial charge in [0.2, 0.25) is 5.70 Å². The molecule has 0 saturated carbocycles. The van der Waals surface area contributed by atoms with E-state index in [9.17, 15) is 10.1 Å². The van der Waals surface area contributed by atoms with Crippen LogP contribution >= 0.6 is 0 Å². The zero-order valence-electron chi connectivity index (χ0n) is 8.88. The maximum atomic E-state index is 10.5. The van der Waals surface area contributed by atoms with Crippen LogP contribution in [0.4, 0.5) is 0 Å². The Bertz CT molecular complexity index is 573. The number of hydrogen-bond donors (Lipinski definition) is 0. The van der Waals surface area contributed by atoms with Gasteiger partial charge in [0.15, 0.2) is 0 Å². The van der Waals surface area contributed by atoms with Crippen LogP contribution in [0.3, 0.4) is 0 Å². The lowest BCUT2D eigenvalue weighted by atomic mass is 10.1. The molecule has 16 heavy (non-hydrogen) atoms. The Morgan fingerprint density at radius 2 is 1.88 bits per heavy atom. The second-order valence-corrected chi connectivity index (χ2v) is 3.65. The molecule has 0 amide bonds. The molecule has 0 aliphatic carbocycles. The summed E-state index contributed by atoms with van der Waals surface area (Å²) in [5, 5.41) is 12.7. The van der Waals surface area contributed by atoms with E-state index in [2.05, 4.69) is 0 Å². The summed E-state index contributed by atoms with van der Waals surface area (Å²) in [6.07, 6.45) is 1.58. The number of benzene rings is 2. The Labute approximate surface area is 93.2 Å². The Kier molecular flexibility index (Phi) is 2.68. The third kappa shape index (κ3) is 2.08. The van der Waals surface area contributed by atoms with Crippen LogP contribution in [0, 0.1) is 10.1 Å². The minimum Gasteiger partial charge on any atom is -0.259 e. The highest BCUT2D eigenvalue weighted by molar-refractivity contribution is 5.84. The lowest BCUT2D eigenvalue weighted by Gasteiger charge is -1.98. The first-order valence-corrected chi connectivity index (χ1v) is 4.98. The van der Waals surface area contributed by atoms with Gasteiger partial charge in [0.05, 0.1) is 4.92 Å². The third-order valence-electron chi connectivity index (χ3n) is 2.44. The minimum atomic E-state index is -0.380. The molecule has 2 rings (SSSR count). The number of fused-ring (bicyclic) bond motifs is 1. The largest absolute Gasteiger partial charge is 0.259 e. The van der Waals surface area contributed by atoms with E-state index < -0.39 is 0 Å². The molecule has 0 N–H and O–H groups in total. The molecule has 0 bridgehead atoms. The number of allylic oxidation sites excluding steroid dienone is 1. The maximum absolute atomic E-state index is 10.5. The molecule has 3 heteroatoms. The van der Waals surface area contributed by atoms with Crippen molar-refractivity contribution in [1.82, 2.24) is 0 Å². The average molecular weight is 213 g/mol. The standard InChI is InChI=1S/C13H11NO2/c1-10(14(15)16)8-11-6-7-12-4-2-3-5-13(12)9-11/h2-9H,1H3/b10-8+. The quantitative estimate of drug-likeness (QED) is 0.566. The van der Waals surface area contributed by atoms with Crippen LogP contribution in [0.2, 0.25) is 0 Å². The number of hydrogen-bond acceptors (Lipinski definition) is 2. The second kappa shape index (κ2) is 4.14. The summed E-state index contributed by atoms with van der Waals surface area (Å²) in [6.45, 7) is 1.50. The predicted molar refractivity (Wildman–Crippen MR) is 64.6 cm³/mol. The van der Waals surface area contributed by atoms with Crippen molar-refractivity contribution < 1.29 is 4.92 Å². The lowest BCUT2D eigenvalue weighted by molar-refractivity contribution is -0.422. The summed E-state index contributed by atoms with van der Waals surface area (Å²) < 4.78 is 0. The van der Waals surface area contributed by atoms with Crippen molar-refractivity contribution in [1.29, 1.82) is 0 Å². The van der Waals surface area contributed by atoms with E-state index >= 15 is 0 Å². The Morgan fingerprint density at radius 1 is 1.19 bits per heavy atom. The molecule has 0 unspecified atom stereocenters. The van der Waals surface area contributed by atoms with Crippen LogP contribution in [0.1, 0.15) is 12.5 Å². The van der Waals surface area contributed by atoms with Crippen molar-refractivity contribution in [3.63, 3.8) is 0 Å². The lowest BCUT2D eigenvalue weighted by Crippen LogP contribution is -1.92. The van der Waals surface area contributed by atoms with E-state index in [0.717, 1.165) is 16.3 Å². The topological polar surface area (TPSA) is 43.1 Å². The highest BCUT2D eigenvalue weighted by Gasteiger charge is 2.02. The number of nitro groups is 1. The van der Waals surface area contributed by atoms with Crippen molar-refractivity contribution in [3.05, 3.63) is 63.8 Å². The van der Waals surface area contributed by atoms with Crippen LogP contribution in [0.5, 0.6) is 0 Å². The molecule has 0 heterocycles. The molecule has 3 nitrogen and oxygen atoms in total. The average Bonchev–Trinajstić information content (AvgIpc) is 2.28. The fourth-order valence-corrected chi connectivity index (χ4v) is 1.59. The van der Waals surface area contributed by atoms with Gasteiger partial charge in [-0.25, -0.2) is 0 Å². The Balaban J connectivity index is 2.47. The molecule has 80 valence electrons. The van der Waals surface area contributed by atoms with Gasteiger partial charge in [-0.05, 0) is 22.4 Å². The van der Waals surface area contributed by atoms with Gasteiger partial charge in [-0.2, -0.15) is 0 Å². The van der Waals surface area contributed by atoms with Gasteiger partial charge in [0, 0.05) is 13.0 Å². The number of nitrogens with zero attached hydrogens (tertiary/aromatic N) is 1. The van der Waals surface area contributed by atoms with Crippen molar-refractivity contribution in [3.8, 4) is 0 Å². The first-order valence-electron chi connectivity index (χ1n) is 4.98. The van der Waals surface area contributed by atoms with Gasteiger partial charge in [0.1, 0.15) is 0 Å². The van der Waals surface area contributed by atoms with Gasteiger partial charge >= 0.3 is 0 Å². The van der Waals surface area contributed by atoms with E-state index in [0.29, 0.717) is 0 Å². The minimum absolute atomic E-state index is 0.148. The molecule has 0 aromatic heterocycles. The van der Waals surface area contributed by atoms with Crippen LogP contribution in [-0.2, 0) is 0 Å². The zero-order valence-corrected chi connectivity index (χ0v) is 8.88. The van der Waals surface area contributed by atoms with E-state index in [4.69, 9.17) is 0 Å². The Hall–Kier alpha value is -2.16.